The third kappa shape index (κ3) is 5.53. The van der Waals surface area contributed by atoms with Gasteiger partial charge in [-0.05, 0) is 43.9 Å². The highest BCUT2D eigenvalue weighted by atomic mass is 32.2. The van der Waals surface area contributed by atoms with E-state index in [1.54, 1.807) is 17.9 Å². The van der Waals surface area contributed by atoms with Gasteiger partial charge in [-0.1, -0.05) is 46.0 Å². The molecule has 2 N–H and O–H groups in total. The lowest BCUT2D eigenvalue weighted by Gasteiger charge is -2.33. The molecular formula is C24H37N3O5S2. The topological polar surface area (TPSA) is 113 Å². The molecule has 8 nitrogen and oxygen atoms in total. The lowest BCUT2D eigenvalue weighted by atomic mass is 9.81. The number of likely N-dealkylation sites (tertiary alicyclic amines) is 1. The third-order valence-corrected chi connectivity index (χ3v) is 9.53. The second-order valence-electron chi connectivity index (χ2n) is 11.2. The summed E-state index contributed by atoms with van der Waals surface area (Å²) in [5.41, 5.74) is -1.41. The average molecular weight is 512 g/mol. The number of nitrogens with zero attached hydrogens (tertiary/aromatic N) is 1. The normalized spacial score (nSPS) is 29.8. The van der Waals surface area contributed by atoms with Gasteiger partial charge in [-0.15, -0.1) is 6.58 Å². The van der Waals surface area contributed by atoms with E-state index < -0.39 is 32.6 Å². The van der Waals surface area contributed by atoms with Crippen LogP contribution in [0.15, 0.2) is 12.7 Å². The van der Waals surface area contributed by atoms with E-state index in [-0.39, 0.29) is 41.4 Å². The van der Waals surface area contributed by atoms with E-state index in [1.165, 1.54) is 0 Å². The van der Waals surface area contributed by atoms with Crippen molar-refractivity contribution in [1.29, 1.82) is 0 Å². The number of rotatable bonds is 9. The maximum atomic E-state index is 13.6. The van der Waals surface area contributed by atoms with Crippen LogP contribution < -0.4 is 10.0 Å². The van der Waals surface area contributed by atoms with Crippen LogP contribution in [-0.2, 0) is 24.4 Å². The van der Waals surface area contributed by atoms with Crippen molar-refractivity contribution in [3.8, 4) is 0 Å². The van der Waals surface area contributed by atoms with Gasteiger partial charge in [-0.25, -0.2) is 8.42 Å². The van der Waals surface area contributed by atoms with Gasteiger partial charge in [0, 0.05) is 24.9 Å². The summed E-state index contributed by atoms with van der Waals surface area (Å²) in [5.74, 6) is -1.56. The fourth-order valence-corrected chi connectivity index (χ4v) is 6.26. The maximum Gasteiger partial charge on any atom is 0.240 e. The molecule has 3 aliphatic rings. The van der Waals surface area contributed by atoms with Crippen LogP contribution in [-0.4, -0.2) is 59.8 Å². The molecule has 0 aromatic carbocycles. The van der Waals surface area contributed by atoms with Crippen molar-refractivity contribution in [2.75, 3.05) is 6.54 Å². The zero-order chi connectivity index (χ0) is 25.6. The molecule has 3 rings (SSSR count). The molecule has 34 heavy (non-hydrogen) atoms. The van der Waals surface area contributed by atoms with Crippen LogP contribution in [0.4, 0.5) is 0 Å². The SMILES string of the molecule is C=C[C@@H]1C[C@]1(CC(=O)[C@@H]1C[C@@H](NC(C)=S)CN1C(=O)[C@@H](C)C(C)(C)C)C(=O)NS(=O)(=O)C1CC1. The van der Waals surface area contributed by atoms with Gasteiger partial charge < -0.3 is 10.2 Å². The Morgan fingerprint density at radius 1 is 1.26 bits per heavy atom. The van der Waals surface area contributed by atoms with E-state index in [0.29, 0.717) is 37.2 Å². The number of ketones is 1. The standard InChI is InChI=1S/C24H37N3O5S2/c1-7-16-11-24(16,22(30)26-34(31,32)18-8-9-18)12-20(28)19-10-17(25-15(3)33)13-27(19)21(29)14(2)23(4,5)6/h7,14,16-19H,1,8-13H2,2-6H3,(H,25,33)(H,26,30)/t14-,16-,17-,19+,24-/m1/s1. The molecule has 0 unspecified atom stereocenters. The minimum atomic E-state index is -3.72. The molecular weight excluding hydrogens is 474 g/mol. The molecule has 5 atom stereocenters. The number of Topliss-reactive ketones (excluding diaryl/α,β-unsaturated/α-hetero) is 1. The van der Waals surface area contributed by atoms with Crippen LogP contribution in [0.25, 0.3) is 0 Å². The van der Waals surface area contributed by atoms with Gasteiger partial charge in [0.2, 0.25) is 21.8 Å². The van der Waals surface area contributed by atoms with E-state index >= 15 is 0 Å². The quantitative estimate of drug-likeness (QED) is 0.361. The number of carbonyl (C=O) groups is 3. The second kappa shape index (κ2) is 9.33. The van der Waals surface area contributed by atoms with E-state index in [0.717, 1.165) is 0 Å². The molecule has 0 aromatic rings. The molecule has 10 heteroatoms. The van der Waals surface area contributed by atoms with Crippen molar-refractivity contribution in [3.63, 3.8) is 0 Å². The minimum absolute atomic E-state index is 0.108. The molecule has 1 saturated heterocycles. The highest BCUT2D eigenvalue weighted by Gasteiger charge is 2.61. The van der Waals surface area contributed by atoms with Gasteiger partial charge in [-0.3, -0.25) is 19.1 Å². The van der Waals surface area contributed by atoms with E-state index in [9.17, 15) is 22.8 Å². The van der Waals surface area contributed by atoms with Crippen molar-refractivity contribution in [3.05, 3.63) is 12.7 Å². The third-order valence-electron chi connectivity index (χ3n) is 7.59. The zero-order valence-electron chi connectivity index (χ0n) is 20.7. The van der Waals surface area contributed by atoms with E-state index in [2.05, 4.69) is 16.6 Å². The van der Waals surface area contributed by atoms with Gasteiger partial charge in [0.25, 0.3) is 0 Å². The summed E-state index contributed by atoms with van der Waals surface area (Å²) in [5, 5.41) is 2.64. The first-order valence-corrected chi connectivity index (χ1v) is 13.9. The van der Waals surface area contributed by atoms with Crippen molar-refractivity contribution in [2.45, 2.75) is 84.1 Å². The van der Waals surface area contributed by atoms with Crippen LogP contribution in [0.5, 0.6) is 0 Å². The Kier molecular flexibility index (Phi) is 7.35. The molecule has 0 spiro atoms. The predicted molar refractivity (Wildman–Crippen MR) is 134 cm³/mol. The van der Waals surface area contributed by atoms with Crippen molar-refractivity contribution in [2.24, 2.45) is 22.7 Å². The summed E-state index contributed by atoms with van der Waals surface area (Å²) < 4.78 is 26.9. The lowest BCUT2D eigenvalue weighted by Crippen LogP contribution is -2.47. The molecule has 0 bridgehead atoms. The summed E-state index contributed by atoms with van der Waals surface area (Å²) in [4.78, 5) is 42.2. The van der Waals surface area contributed by atoms with Gasteiger partial charge in [-0.2, -0.15) is 0 Å². The van der Waals surface area contributed by atoms with E-state index in [1.807, 2.05) is 27.7 Å². The van der Waals surface area contributed by atoms with E-state index in [4.69, 9.17) is 12.2 Å². The highest BCUT2D eigenvalue weighted by molar-refractivity contribution is 7.90. The van der Waals surface area contributed by atoms with Crippen LogP contribution in [0.2, 0.25) is 0 Å². The van der Waals surface area contributed by atoms with Crippen molar-refractivity contribution in [1.82, 2.24) is 14.9 Å². The van der Waals surface area contributed by atoms with Gasteiger partial charge in [0.05, 0.1) is 21.7 Å². The molecule has 2 saturated carbocycles. The number of hydrogen-bond donors (Lipinski definition) is 2. The number of hydrogen-bond acceptors (Lipinski definition) is 6. The molecule has 1 aliphatic heterocycles. The minimum Gasteiger partial charge on any atom is -0.375 e. The summed E-state index contributed by atoms with van der Waals surface area (Å²) in [6.45, 7) is 13.7. The molecule has 0 aromatic heterocycles. The molecule has 3 fully saturated rings. The molecule has 0 radical (unpaired) electrons. The monoisotopic (exact) mass is 511 g/mol. The van der Waals surface area contributed by atoms with Crippen molar-refractivity contribution < 1.29 is 22.8 Å². The first kappa shape index (κ1) is 26.8. The average Bonchev–Trinajstić information content (AvgIpc) is 3.63. The summed E-state index contributed by atoms with van der Waals surface area (Å²) >= 11 is 5.17. The summed E-state index contributed by atoms with van der Waals surface area (Å²) in [6.07, 6.45) is 3.32. The smallest absolute Gasteiger partial charge is 0.240 e. The number of carbonyl (C=O) groups excluding carboxylic acids is 3. The van der Waals surface area contributed by atoms with Crippen LogP contribution in [0.1, 0.15) is 66.7 Å². The summed E-state index contributed by atoms with van der Waals surface area (Å²) in [6, 6.07) is -0.850. The van der Waals surface area contributed by atoms with Crippen LogP contribution in [0, 0.1) is 22.7 Å². The molecule has 190 valence electrons. The Morgan fingerprint density at radius 3 is 2.35 bits per heavy atom. The Morgan fingerprint density at radius 2 is 1.88 bits per heavy atom. The Bertz CT molecular complexity index is 999. The molecule has 2 aliphatic carbocycles. The predicted octanol–water partition coefficient (Wildman–Crippen LogP) is 2.33. The Balaban J connectivity index is 1.81. The number of amides is 2. The number of allylic oxidation sites excluding steroid dienone is 1. The van der Waals surface area contributed by atoms with Crippen molar-refractivity contribution >= 4 is 44.8 Å². The largest absolute Gasteiger partial charge is 0.375 e. The van der Waals surface area contributed by atoms with Crippen LogP contribution in [0.3, 0.4) is 0 Å². The maximum absolute atomic E-state index is 13.6. The number of thiocarbonyl (C=S) groups is 1. The second-order valence-corrected chi connectivity index (χ2v) is 13.8. The molecule has 1 heterocycles. The summed E-state index contributed by atoms with van der Waals surface area (Å²) in [7, 11) is -3.72. The zero-order valence-corrected chi connectivity index (χ0v) is 22.4. The Hall–Kier alpha value is -1.81. The number of sulfonamides is 1. The highest BCUT2D eigenvalue weighted by Crippen LogP contribution is 2.57. The Labute approximate surface area is 208 Å². The fourth-order valence-electron chi connectivity index (χ4n) is 4.70. The lowest BCUT2D eigenvalue weighted by molar-refractivity contribution is -0.144. The fraction of sp³-hybridized carbons (Fsp3) is 0.750. The molecule has 2 amide bonds. The number of nitrogens with one attached hydrogen (secondary N) is 2. The van der Waals surface area contributed by atoms with Gasteiger partial charge >= 0.3 is 0 Å². The first-order valence-electron chi connectivity index (χ1n) is 11.9. The van der Waals surface area contributed by atoms with Gasteiger partial charge in [0.1, 0.15) is 0 Å². The first-order chi connectivity index (χ1) is 15.6. The van der Waals surface area contributed by atoms with Gasteiger partial charge in [0.15, 0.2) is 5.78 Å². The van der Waals surface area contributed by atoms with Crippen LogP contribution >= 0.6 is 12.2 Å².